The van der Waals surface area contributed by atoms with E-state index in [1.165, 1.54) is 10.4 Å². The third kappa shape index (κ3) is 2.76. The summed E-state index contributed by atoms with van der Waals surface area (Å²) in [5.41, 5.74) is 0. The minimum Gasteiger partial charge on any atom is -0.207 e. The Morgan fingerprint density at radius 2 is 1.76 bits per heavy atom. The summed E-state index contributed by atoms with van der Waals surface area (Å²) < 4.78 is 26.1. The van der Waals surface area contributed by atoms with E-state index in [1.807, 2.05) is 0 Å². The summed E-state index contributed by atoms with van der Waals surface area (Å²) in [4.78, 5) is 0.176. The molecule has 1 aromatic rings. The van der Waals surface area contributed by atoms with Gasteiger partial charge < -0.3 is 0 Å². The van der Waals surface area contributed by atoms with E-state index in [-0.39, 0.29) is 15.3 Å². The molecule has 1 fully saturated rings. The molecule has 17 heavy (non-hydrogen) atoms. The van der Waals surface area contributed by atoms with Crippen LogP contribution in [-0.4, -0.2) is 31.2 Å². The monoisotopic (exact) mass is 293 g/mol. The van der Waals surface area contributed by atoms with Gasteiger partial charge in [-0.25, -0.2) is 8.42 Å². The molecule has 0 N–H and O–H groups in total. The number of hydrogen-bond donors (Lipinski definition) is 0. The number of halogens is 2. The molecule has 3 nitrogen and oxygen atoms in total. The zero-order chi connectivity index (χ0) is 12.5. The smallest absolute Gasteiger partial charge is 0.207 e. The van der Waals surface area contributed by atoms with E-state index >= 15 is 0 Å². The van der Waals surface area contributed by atoms with E-state index in [0.29, 0.717) is 25.9 Å². The minimum atomic E-state index is -3.47. The lowest BCUT2D eigenvalue weighted by molar-refractivity contribution is 0.350. The van der Waals surface area contributed by atoms with Gasteiger partial charge in [0.05, 0.1) is 5.02 Å². The highest BCUT2D eigenvalue weighted by Gasteiger charge is 2.29. The normalized spacial score (nSPS) is 19.4. The first-order valence-corrected chi connectivity index (χ1v) is 7.66. The van der Waals surface area contributed by atoms with Gasteiger partial charge in [0.25, 0.3) is 0 Å². The lowest BCUT2D eigenvalue weighted by Gasteiger charge is -2.28. The summed E-state index contributed by atoms with van der Waals surface area (Å²) in [6.45, 7) is 0.920. The van der Waals surface area contributed by atoms with Crippen LogP contribution >= 0.6 is 23.2 Å². The second-order valence-electron chi connectivity index (χ2n) is 4.01. The quantitative estimate of drug-likeness (QED) is 0.787. The van der Waals surface area contributed by atoms with Crippen LogP contribution in [0.25, 0.3) is 0 Å². The SMILES string of the molecule is O=S(=O)(c1ccccc1Cl)N1CCC(Cl)CC1. The van der Waals surface area contributed by atoms with E-state index in [2.05, 4.69) is 0 Å². The fourth-order valence-electron chi connectivity index (χ4n) is 1.86. The zero-order valence-corrected chi connectivity index (χ0v) is 11.5. The Bertz CT molecular complexity index is 496. The van der Waals surface area contributed by atoms with Crippen molar-refractivity contribution in [1.29, 1.82) is 0 Å². The Balaban J connectivity index is 2.28. The summed E-state index contributed by atoms with van der Waals surface area (Å²) in [7, 11) is -3.47. The van der Waals surface area contributed by atoms with Gasteiger partial charge in [0.15, 0.2) is 0 Å². The molecular weight excluding hydrogens is 281 g/mol. The highest BCUT2D eigenvalue weighted by molar-refractivity contribution is 7.89. The minimum absolute atomic E-state index is 0.0766. The third-order valence-electron chi connectivity index (χ3n) is 2.84. The first-order valence-electron chi connectivity index (χ1n) is 5.40. The van der Waals surface area contributed by atoms with Crippen molar-refractivity contribution in [2.45, 2.75) is 23.1 Å². The number of sulfonamides is 1. The molecule has 1 aromatic carbocycles. The number of nitrogens with zero attached hydrogens (tertiary/aromatic N) is 1. The van der Waals surface area contributed by atoms with Gasteiger partial charge in [-0.1, -0.05) is 23.7 Å². The first kappa shape index (κ1) is 13.1. The molecule has 1 aliphatic rings. The molecule has 0 saturated carbocycles. The molecule has 1 heterocycles. The molecule has 0 spiro atoms. The molecule has 0 bridgehead atoms. The van der Waals surface area contributed by atoms with Crippen LogP contribution in [-0.2, 0) is 10.0 Å². The first-order chi connectivity index (χ1) is 8.01. The van der Waals surface area contributed by atoms with Gasteiger partial charge in [-0.3, -0.25) is 0 Å². The van der Waals surface area contributed by atoms with Gasteiger partial charge in [0.1, 0.15) is 4.90 Å². The summed E-state index contributed by atoms with van der Waals surface area (Å²) >= 11 is 11.9. The van der Waals surface area contributed by atoms with Crippen molar-refractivity contribution in [3.05, 3.63) is 29.3 Å². The predicted octanol–water partition coefficient (Wildman–Crippen LogP) is 2.73. The third-order valence-corrected chi connectivity index (χ3v) is 5.67. The van der Waals surface area contributed by atoms with Gasteiger partial charge in [-0.15, -0.1) is 11.6 Å². The van der Waals surface area contributed by atoms with Crippen molar-refractivity contribution in [1.82, 2.24) is 4.31 Å². The molecule has 0 unspecified atom stereocenters. The van der Waals surface area contributed by atoms with Gasteiger partial charge >= 0.3 is 0 Å². The van der Waals surface area contributed by atoms with Crippen LogP contribution in [0.1, 0.15) is 12.8 Å². The average molecular weight is 294 g/mol. The Morgan fingerprint density at radius 1 is 1.18 bits per heavy atom. The van der Waals surface area contributed by atoms with Crippen molar-refractivity contribution in [2.24, 2.45) is 0 Å². The van der Waals surface area contributed by atoms with Crippen molar-refractivity contribution in [3.8, 4) is 0 Å². The van der Waals surface area contributed by atoms with Crippen LogP contribution in [0.3, 0.4) is 0 Å². The predicted molar refractivity (Wildman–Crippen MR) is 69.1 cm³/mol. The molecule has 0 aromatic heterocycles. The van der Waals surface area contributed by atoms with Crippen LogP contribution in [0.15, 0.2) is 29.2 Å². The zero-order valence-electron chi connectivity index (χ0n) is 9.14. The second-order valence-corrected chi connectivity index (χ2v) is 6.94. The van der Waals surface area contributed by atoms with Crippen molar-refractivity contribution in [2.75, 3.05) is 13.1 Å². The van der Waals surface area contributed by atoms with E-state index < -0.39 is 10.0 Å². The average Bonchev–Trinajstić information content (AvgIpc) is 2.30. The highest BCUT2D eigenvalue weighted by atomic mass is 35.5. The van der Waals surface area contributed by atoms with Crippen LogP contribution in [0.5, 0.6) is 0 Å². The van der Waals surface area contributed by atoms with Crippen molar-refractivity contribution in [3.63, 3.8) is 0 Å². The number of benzene rings is 1. The van der Waals surface area contributed by atoms with Crippen molar-refractivity contribution >= 4 is 33.2 Å². The Labute approximate surface area is 111 Å². The topological polar surface area (TPSA) is 37.4 Å². The Hall–Kier alpha value is -0.290. The fraction of sp³-hybridized carbons (Fsp3) is 0.455. The fourth-order valence-corrected chi connectivity index (χ4v) is 4.02. The maximum atomic E-state index is 12.3. The summed E-state index contributed by atoms with van der Waals surface area (Å²) in [6, 6.07) is 6.51. The van der Waals surface area contributed by atoms with Crippen LogP contribution in [0.4, 0.5) is 0 Å². The lowest BCUT2D eigenvalue weighted by atomic mass is 10.2. The largest absolute Gasteiger partial charge is 0.244 e. The molecule has 1 saturated heterocycles. The van der Waals surface area contributed by atoms with Crippen LogP contribution in [0.2, 0.25) is 5.02 Å². The lowest BCUT2D eigenvalue weighted by Crippen LogP contribution is -2.38. The molecule has 0 amide bonds. The summed E-state index contributed by atoms with van der Waals surface area (Å²) in [5, 5.41) is 0.341. The van der Waals surface area contributed by atoms with Crippen molar-refractivity contribution < 1.29 is 8.42 Å². The van der Waals surface area contributed by atoms with Gasteiger partial charge in [-0.2, -0.15) is 4.31 Å². The van der Waals surface area contributed by atoms with E-state index in [1.54, 1.807) is 18.2 Å². The van der Waals surface area contributed by atoms with Gasteiger partial charge in [0.2, 0.25) is 10.0 Å². The summed E-state index contributed by atoms with van der Waals surface area (Å²) in [6.07, 6.45) is 1.37. The van der Waals surface area contributed by atoms with Crippen LogP contribution < -0.4 is 0 Å². The summed E-state index contributed by atoms with van der Waals surface area (Å²) in [5.74, 6) is 0. The number of piperidine rings is 1. The second kappa shape index (κ2) is 5.14. The molecule has 0 aliphatic carbocycles. The number of hydrogen-bond acceptors (Lipinski definition) is 2. The molecular formula is C11H13Cl2NO2S. The number of alkyl halides is 1. The van der Waals surface area contributed by atoms with E-state index in [0.717, 1.165) is 0 Å². The Kier molecular flexibility index (Phi) is 3.98. The standard InChI is InChI=1S/C11H13Cl2NO2S/c12-9-5-7-14(8-6-9)17(15,16)11-4-2-1-3-10(11)13/h1-4,9H,5-8H2. The maximum absolute atomic E-state index is 12.3. The molecule has 94 valence electrons. The maximum Gasteiger partial charge on any atom is 0.244 e. The highest BCUT2D eigenvalue weighted by Crippen LogP contribution is 2.27. The van der Waals surface area contributed by atoms with Gasteiger partial charge in [0, 0.05) is 18.5 Å². The van der Waals surface area contributed by atoms with Gasteiger partial charge in [-0.05, 0) is 25.0 Å². The molecule has 2 rings (SSSR count). The van der Waals surface area contributed by atoms with E-state index in [9.17, 15) is 8.42 Å². The van der Waals surface area contributed by atoms with Crippen LogP contribution in [0, 0.1) is 0 Å². The molecule has 6 heteroatoms. The molecule has 0 radical (unpaired) electrons. The van der Waals surface area contributed by atoms with E-state index in [4.69, 9.17) is 23.2 Å². The number of rotatable bonds is 2. The molecule has 1 aliphatic heterocycles. The molecule has 0 atom stereocenters. The Morgan fingerprint density at radius 3 is 2.35 bits per heavy atom.